The molecule has 0 aliphatic carbocycles. The minimum absolute atomic E-state index is 0.207. The van der Waals surface area contributed by atoms with E-state index in [1.807, 2.05) is 24.3 Å². The third kappa shape index (κ3) is 5.33. The van der Waals surface area contributed by atoms with E-state index in [2.05, 4.69) is 6.92 Å². The highest BCUT2D eigenvalue weighted by Gasteiger charge is 2.26. The summed E-state index contributed by atoms with van der Waals surface area (Å²) in [5, 5.41) is 0. The third-order valence-corrected chi connectivity index (χ3v) is 4.02. The predicted molar refractivity (Wildman–Crippen MR) is 84.6 cm³/mol. The molecule has 118 valence electrons. The van der Waals surface area contributed by atoms with Crippen molar-refractivity contribution in [1.29, 1.82) is 0 Å². The minimum Gasteiger partial charge on any atom is -0.497 e. The van der Waals surface area contributed by atoms with Gasteiger partial charge in [0, 0.05) is 5.56 Å². The molecule has 0 N–H and O–H groups in total. The second kappa shape index (κ2) is 9.06. The van der Waals surface area contributed by atoms with Gasteiger partial charge < -0.3 is 14.2 Å². The van der Waals surface area contributed by atoms with Gasteiger partial charge in [-0.1, -0.05) is 57.6 Å². The van der Waals surface area contributed by atoms with E-state index in [4.69, 9.17) is 14.2 Å². The van der Waals surface area contributed by atoms with Crippen molar-refractivity contribution in [2.75, 3.05) is 13.7 Å². The Kier molecular flexibility index (Phi) is 7.04. The zero-order valence-electron chi connectivity index (χ0n) is 13.3. The first-order chi connectivity index (χ1) is 10.3. The lowest BCUT2D eigenvalue weighted by Crippen LogP contribution is -2.09. The van der Waals surface area contributed by atoms with Gasteiger partial charge in [0.1, 0.15) is 5.75 Å². The Morgan fingerprint density at radius 2 is 1.76 bits per heavy atom. The monoisotopic (exact) mass is 292 g/mol. The van der Waals surface area contributed by atoms with Gasteiger partial charge in [-0.15, -0.1) is 0 Å². The van der Waals surface area contributed by atoms with Gasteiger partial charge in [0.15, 0.2) is 6.29 Å². The van der Waals surface area contributed by atoms with Crippen LogP contribution < -0.4 is 4.74 Å². The molecule has 0 amide bonds. The van der Waals surface area contributed by atoms with Crippen LogP contribution in [-0.4, -0.2) is 19.8 Å². The maximum atomic E-state index is 5.99. The van der Waals surface area contributed by atoms with Gasteiger partial charge in [-0.05, 0) is 18.6 Å². The van der Waals surface area contributed by atoms with Gasteiger partial charge >= 0.3 is 0 Å². The van der Waals surface area contributed by atoms with Crippen LogP contribution in [-0.2, 0) is 9.47 Å². The van der Waals surface area contributed by atoms with E-state index in [1.54, 1.807) is 7.11 Å². The van der Waals surface area contributed by atoms with Crippen LogP contribution in [0.1, 0.15) is 63.7 Å². The smallest absolute Gasteiger partial charge is 0.184 e. The average Bonchev–Trinajstić information content (AvgIpc) is 3.00. The Bertz CT molecular complexity index is 388. The second-order valence-corrected chi connectivity index (χ2v) is 5.75. The average molecular weight is 292 g/mol. The molecule has 0 unspecified atom stereocenters. The van der Waals surface area contributed by atoms with Crippen molar-refractivity contribution >= 4 is 0 Å². The molecule has 1 fully saturated rings. The zero-order chi connectivity index (χ0) is 14.9. The minimum atomic E-state index is -0.207. The molecular weight excluding hydrogens is 264 g/mol. The van der Waals surface area contributed by atoms with Crippen molar-refractivity contribution in [1.82, 2.24) is 0 Å². The Morgan fingerprint density at radius 1 is 1.05 bits per heavy atom. The lowest BCUT2D eigenvalue weighted by molar-refractivity contribution is -0.0614. The summed E-state index contributed by atoms with van der Waals surface area (Å²) in [5.41, 5.74) is 1.07. The zero-order valence-corrected chi connectivity index (χ0v) is 13.3. The van der Waals surface area contributed by atoms with Gasteiger partial charge in [-0.2, -0.15) is 0 Å². The van der Waals surface area contributed by atoms with E-state index >= 15 is 0 Å². The summed E-state index contributed by atoms with van der Waals surface area (Å²) in [7, 11) is 1.67. The summed E-state index contributed by atoms with van der Waals surface area (Å²) < 4.78 is 16.9. The van der Waals surface area contributed by atoms with Gasteiger partial charge in [-0.3, -0.25) is 0 Å². The molecule has 3 nitrogen and oxygen atoms in total. The predicted octanol–water partition coefficient (Wildman–Crippen LogP) is 4.86. The van der Waals surface area contributed by atoms with Gasteiger partial charge in [0.25, 0.3) is 0 Å². The largest absolute Gasteiger partial charge is 0.497 e. The van der Waals surface area contributed by atoms with Crippen LogP contribution in [0, 0.1) is 0 Å². The van der Waals surface area contributed by atoms with Crippen molar-refractivity contribution in [3.63, 3.8) is 0 Å². The van der Waals surface area contributed by atoms with Crippen LogP contribution in [0.3, 0.4) is 0 Å². The fourth-order valence-corrected chi connectivity index (χ4v) is 2.69. The summed E-state index contributed by atoms with van der Waals surface area (Å²) in [6, 6.07) is 7.92. The molecule has 1 aromatic carbocycles. The van der Waals surface area contributed by atoms with Crippen LogP contribution in [0.5, 0.6) is 5.75 Å². The number of ether oxygens (including phenoxy) is 3. The maximum Gasteiger partial charge on any atom is 0.184 e. The van der Waals surface area contributed by atoms with Crippen molar-refractivity contribution in [3.05, 3.63) is 29.8 Å². The number of methoxy groups -OCH3 is 1. The fraction of sp³-hybridized carbons (Fsp3) is 0.667. The van der Waals surface area contributed by atoms with Crippen LogP contribution in [0.4, 0.5) is 0 Å². The molecule has 1 saturated heterocycles. The number of unbranched alkanes of at least 4 members (excludes halogenated alkanes) is 5. The molecule has 2 atom stereocenters. The fourth-order valence-electron chi connectivity index (χ4n) is 2.69. The van der Waals surface area contributed by atoms with Crippen molar-refractivity contribution in [2.24, 2.45) is 0 Å². The molecule has 0 saturated carbocycles. The Morgan fingerprint density at radius 3 is 2.48 bits per heavy atom. The molecule has 21 heavy (non-hydrogen) atoms. The molecular formula is C18H28O3. The Hall–Kier alpha value is -1.06. The number of benzene rings is 1. The summed E-state index contributed by atoms with van der Waals surface area (Å²) in [4.78, 5) is 0. The topological polar surface area (TPSA) is 27.7 Å². The van der Waals surface area contributed by atoms with E-state index in [-0.39, 0.29) is 12.4 Å². The highest BCUT2D eigenvalue weighted by atomic mass is 16.7. The maximum absolute atomic E-state index is 5.99. The molecule has 0 spiro atoms. The molecule has 1 aliphatic rings. The van der Waals surface area contributed by atoms with Crippen LogP contribution in [0.25, 0.3) is 0 Å². The van der Waals surface area contributed by atoms with E-state index in [0.29, 0.717) is 6.61 Å². The second-order valence-electron chi connectivity index (χ2n) is 5.75. The molecule has 0 aromatic heterocycles. The van der Waals surface area contributed by atoms with E-state index in [0.717, 1.165) is 17.7 Å². The molecule has 1 aromatic rings. The highest BCUT2D eigenvalue weighted by Crippen LogP contribution is 2.30. The summed E-state index contributed by atoms with van der Waals surface area (Å²) >= 11 is 0. The van der Waals surface area contributed by atoms with Crippen LogP contribution in [0.15, 0.2) is 24.3 Å². The highest BCUT2D eigenvalue weighted by molar-refractivity contribution is 5.28. The van der Waals surface area contributed by atoms with Gasteiger partial charge in [-0.25, -0.2) is 0 Å². The SMILES string of the molecule is CCCCCCCC[C@H]1CO[C@@H](c2ccc(OC)cc2)O1. The quantitative estimate of drug-likeness (QED) is 0.608. The lowest BCUT2D eigenvalue weighted by Gasteiger charge is -2.12. The third-order valence-electron chi connectivity index (χ3n) is 4.02. The Labute approximate surface area is 128 Å². The molecule has 0 bridgehead atoms. The van der Waals surface area contributed by atoms with Gasteiger partial charge in [0.2, 0.25) is 0 Å². The molecule has 1 heterocycles. The van der Waals surface area contributed by atoms with E-state index in [1.165, 1.54) is 38.5 Å². The van der Waals surface area contributed by atoms with Crippen molar-refractivity contribution in [2.45, 2.75) is 64.3 Å². The molecule has 0 radical (unpaired) electrons. The molecule has 2 rings (SSSR count). The van der Waals surface area contributed by atoms with Crippen LogP contribution >= 0.6 is 0 Å². The summed E-state index contributed by atoms with van der Waals surface area (Å²) in [6.45, 7) is 2.97. The van der Waals surface area contributed by atoms with E-state index < -0.39 is 0 Å². The molecule has 1 aliphatic heterocycles. The standard InChI is InChI=1S/C18H28O3/c1-3-4-5-6-7-8-9-17-14-20-18(21-17)15-10-12-16(19-2)13-11-15/h10-13,17-18H,3-9,14H2,1-2H3/t17-,18+/m0/s1. The first-order valence-electron chi connectivity index (χ1n) is 8.24. The number of hydrogen-bond acceptors (Lipinski definition) is 3. The summed E-state index contributed by atoms with van der Waals surface area (Å²) in [6.07, 6.45) is 9.10. The van der Waals surface area contributed by atoms with E-state index in [9.17, 15) is 0 Å². The van der Waals surface area contributed by atoms with Crippen molar-refractivity contribution in [3.8, 4) is 5.75 Å². The van der Waals surface area contributed by atoms with Crippen LogP contribution in [0.2, 0.25) is 0 Å². The lowest BCUT2D eigenvalue weighted by atomic mass is 10.1. The molecule has 3 heteroatoms. The first-order valence-corrected chi connectivity index (χ1v) is 8.24. The Balaban J connectivity index is 1.65. The number of rotatable bonds is 9. The first kappa shape index (κ1) is 16.3. The summed E-state index contributed by atoms with van der Waals surface area (Å²) in [5.74, 6) is 0.861. The van der Waals surface area contributed by atoms with Gasteiger partial charge in [0.05, 0.1) is 19.8 Å². The van der Waals surface area contributed by atoms with Crippen molar-refractivity contribution < 1.29 is 14.2 Å². The number of hydrogen-bond donors (Lipinski definition) is 0. The normalized spacial score (nSPS) is 21.6.